The van der Waals surface area contributed by atoms with E-state index in [0.717, 1.165) is 18.5 Å². The van der Waals surface area contributed by atoms with Crippen LogP contribution in [0.3, 0.4) is 0 Å². The van der Waals surface area contributed by atoms with Gasteiger partial charge < -0.3 is 10.2 Å². The Kier molecular flexibility index (Phi) is 11.8. The highest BCUT2D eigenvalue weighted by molar-refractivity contribution is 6.30. The standard InChI is InChI=1S/C26H35ClN2O2/c1-2-3-4-5-6-7-11-15-25(30)28-20-12-21-29(24-13-9-8-10-14-24)26(31)22-16-18-23(27)19-17-22/h8-10,13-14,16-19H,2-7,11-12,15,20-21H2,1H3,(H,28,30). The number of rotatable bonds is 14. The van der Waals surface area contributed by atoms with Crippen LogP contribution in [0.1, 0.15) is 75.1 Å². The summed E-state index contributed by atoms with van der Waals surface area (Å²) in [6.07, 6.45) is 9.69. The fourth-order valence-electron chi connectivity index (χ4n) is 3.50. The maximum atomic E-state index is 13.0. The number of unbranched alkanes of at least 4 members (excludes halogenated alkanes) is 6. The summed E-state index contributed by atoms with van der Waals surface area (Å²) in [5.74, 6) is 0.0288. The highest BCUT2D eigenvalue weighted by Crippen LogP contribution is 2.18. The lowest BCUT2D eigenvalue weighted by Crippen LogP contribution is -2.34. The van der Waals surface area contributed by atoms with Crippen molar-refractivity contribution in [2.24, 2.45) is 0 Å². The fourth-order valence-corrected chi connectivity index (χ4v) is 3.63. The Morgan fingerprint density at radius 2 is 1.48 bits per heavy atom. The zero-order valence-corrected chi connectivity index (χ0v) is 19.4. The van der Waals surface area contributed by atoms with Gasteiger partial charge in [0.05, 0.1) is 0 Å². The second kappa shape index (κ2) is 14.6. The molecule has 0 aromatic heterocycles. The summed E-state index contributed by atoms with van der Waals surface area (Å²) >= 11 is 5.95. The smallest absolute Gasteiger partial charge is 0.258 e. The van der Waals surface area contributed by atoms with Gasteiger partial charge in [-0.15, -0.1) is 0 Å². The number of amides is 2. The van der Waals surface area contributed by atoms with Crippen molar-refractivity contribution in [1.29, 1.82) is 0 Å². The molecule has 0 fully saturated rings. The molecule has 2 aromatic carbocycles. The van der Waals surface area contributed by atoms with E-state index in [1.807, 2.05) is 30.3 Å². The zero-order valence-electron chi connectivity index (χ0n) is 18.6. The van der Waals surface area contributed by atoms with Crippen molar-refractivity contribution >= 4 is 29.1 Å². The fraction of sp³-hybridized carbons (Fsp3) is 0.462. The van der Waals surface area contributed by atoms with E-state index in [1.165, 1.54) is 32.1 Å². The van der Waals surface area contributed by atoms with Gasteiger partial charge in [-0.3, -0.25) is 9.59 Å². The Balaban J connectivity index is 1.76. The number of para-hydroxylation sites is 1. The van der Waals surface area contributed by atoms with Crippen molar-refractivity contribution in [2.45, 2.75) is 64.7 Å². The summed E-state index contributed by atoms with van der Waals surface area (Å²) in [7, 11) is 0. The quantitative estimate of drug-likeness (QED) is 0.333. The zero-order chi connectivity index (χ0) is 22.3. The molecule has 0 unspecified atom stereocenters. The van der Waals surface area contributed by atoms with Gasteiger partial charge in [0.1, 0.15) is 0 Å². The normalized spacial score (nSPS) is 10.6. The van der Waals surface area contributed by atoms with E-state index in [-0.39, 0.29) is 11.8 Å². The maximum Gasteiger partial charge on any atom is 0.258 e. The summed E-state index contributed by atoms with van der Waals surface area (Å²) in [6, 6.07) is 16.5. The van der Waals surface area contributed by atoms with Gasteiger partial charge in [0, 0.05) is 35.8 Å². The molecule has 0 bridgehead atoms. The Hall–Kier alpha value is -2.33. The first-order valence-electron chi connectivity index (χ1n) is 11.5. The molecule has 0 aliphatic carbocycles. The Labute approximate surface area is 192 Å². The third kappa shape index (κ3) is 9.56. The molecule has 31 heavy (non-hydrogen) atoms. The minimum atomic E-state index is -0.0720. The number of halogens is 1. The van der Waals surface area contributed by atoms with Crippen LogP contribution in [0.15, 0.2) is 54.6 Å². The average molecular weight is 443 g/mol. The van der Waals surface area contributed by atoms with Gasteiger partial charge in [0.25, 0.3) is 5.91 Å². The lowest BCUT2D eigenvalue weighted by molar-refractivity contribution is -0.121. The van der Waals surface area contributed by atoms with Gasteiger partial charge in [-0.1, -0.05) is 75.2 Å². The van der Waals surface area contributed by atoms with Gasteiger partial charge in [0.15, 0.2) is 0 Å². The summed E-state index contributed by atoms with van der Waals surface area (Å²) < 4.78 is 0. The van der Waals surface area contributed by atoms with E-state index in [2.05, 4.69) is 12.2 Å². The van der Waals surface area contributed by atoms with E-state index in [1.54, 1.807) is 29.2 Å². The SMILES string of the molecule is CCCCCCCCCC(=O)NCCCN(C(=O)c1ccc(Cl)cc1)c1ccccc1. The number of nitrogens with one attached hydrogen (secondary N) is 1. The molecule has 0 spiro atoms. The first kappa shape index (κ1) is 24.9. The van der Waals surface area contributed by atoms with Crippen LogP contribution in [0, 0.1) is 0 Å². The van der Waals surface area contributed by atoms with Crippen molar-refractivity contribution in [1.82, 2.24) is 5.32 Å². The number of benzene rings is 2. The third-order valence-corrected chi connectivity index (χ3v) is 5.54. The van der Waals surface area contributed by atoms with Gasteiger partial charge in [0.2, 0.25) is 5.91 Å². The summed E-state index contributed by atoms with van der Waals surface area (Å²) in [5.41, 5.74) is 1.44. The molecule has 0 aliphatic rings. The highest BCUT2D eigenvalue weighted by atomic mass is 35.5. The monoisotopic (exact) mass is 442 g/mol. The Morgan fingerprint density at radius 3 is 2.16 bits per heavy atom. The number of hydrogen-bond donors (Lipinski definition) is 1. The Morgan fingerprint density at radius 1 is 0.839 bits per heavy atom. The number of hydrogen-bond acceptors (Lipinski definition) is 2. The third-order valence-electron chi connectivity index (χ3n) is 5.29. The lowest BCUT2D eigenvalue weighted by Gasteiger charge is -2.23. The molecule has 0 heterocycles. The molecule has 168 valence electrons. The predicted octanol–water partition coefficient (Wildman–Crippen LogP) is 6.63. The molecule has 0 saturated heterocycles. The van der Waals surface area contributed by atoms with Crippen LogP contribution in [0.25, 0.3) is 0 Å². The van der Waals surface area contributed by atoms with Crippen molar-refractivity contribution in [3.63, 3.8) is 0 Å². The van der Waals surface area contributed by atoms with Crippen LogP contribution >= 0.6 is 11.6 Å². The van der Waals surface area contributed by atoms with Crippen molar-refractivity contribution in [3.8, 4) is 0 Å². The molecule has 0 aliphatic heterocycles. The van der Waals surface area contributed by atoms with E-state index in [9.17, 15) is 9.59 Å². The van der Waals surface area contributed by atoms with E-state index in [4.69, 9.17) is 11.6 Å². The van der Waals surface area contributed by atoms with Gasteiger partial charge >= 0.3 is 0 Å². The van der Waals surface area contributed by atoms with Gasteiger partial charge in [-0.25, -0.2) is 0 Å². The molecule has 2 rings (SSSR count). The van der Waals surface area contributed by atoms with Crippen molar-refractivity contribution < 1.29 is 9.59 Å². The largest absolute Gasteiger partial charge is 0.356 e. The van der Waals surface area contributed by atoms with Crippen LogP contribution in [0.5, 0.6) is 0 Å². The highest BCUT2D eigenvalue weighted by Gasteiger charge is 2.17. The predicted molar refractivity (Wildman–Crippen MR) is 130 cm³/mol. The number of carbonyl (C=O) groups is 2. The second-order valence-corrected chi connectivity index (χ2v) is 8.31. The number of anilines is 1. The van der Waals surface area contributed by atoms with Crippen molar-refractivity contribution in [3.05, 3.63) is 65.2 Å². The first-order valence-corrected chi connectivity index (χ1v) is 11.9. The van der Waals surface area contributed by atoms with Gasteiger partial charge in [-0.2, -0.15) is 0 Å². The minimum absolute atomic E-state index is 0.0720. The maximum absolute atomic E-state index is 13.0. The van der Waals surface area contributed by atoms with E-state index >= 15 is 0 Å². The topological polar surface area (TPSA) is 49.4 Å². The molecule has 2 aromatic rings. The molecule has 0 atom stereocenters. The average Bonchev–Trinajstić information content (AvgIpc) is 2.79. The summed E-state index contributed by atoms with van der Waals surface area (Å²) in [4.78, 5) is 26.9. The van der Waals surface area contributed by atoms with Crippen LogP contribution in [-0.4, -0.2) is 24.9 Å². The lowest BCUT2D eigenvalue weighted by atomic mass is 10.1. The second-order valence-electron chi connectivity index (χ2n) is 7.87. The van der Waals surface area contributed by atoms with Crippen LogP contribution in [0.4, 0.5) is 5.69 Å². The van der Waals surface area contributed by atoms with Gasteiger partial charge in [-0.05, 0) is 49.2 Å². The molecule has 1 N–H and O–H groups in total. The molecular formula is C26H35ClN2O2. The molecule has 5 heteroatoms. The number of nitrogens with zero attached hydrogens (tertiary/aromatic N) is 1. The van der Waals surface area contributed by atoms with Crippen molar-refractivity contribution in [2.75, 3.05) is 18.0 Å². The molecule has 0 saturated carbocycles. The van der Waals surface area contributed by atoms with Crippen LogP contribution in [0.2, 0.25) is 5.02 Å². The molecule has 2 amide bonds. The number of carbonyl (C=O) groups excluding carboxylic acids is 2. The van der Waals surface area contributed by atoms with Crippen LogP contribution < -0.4 is 10.2 Å². The van der Waals surface area contributed by atoms with E-state index in [0.29, 0.717) is 36.5 Å². The minimum Gasteiger partial charge on any atom is -0.356 e. The summed E-state index contributed by atoms with van der Waals surface area (Å²) in [6.45, 7) is 3.31. The Bertz CT molecular complexity index is 778. The molecule has 4 nitrogen and oxygen atoms in total. The van der Waals surface area contributed by atoms with E-state index < -0.39 is 0 Å². The van der Waals surface area contributed by atoms with Crippen LogP contribution in [-0.2, 0) is 4.79 Å². The molecular weight excluding hydrogens is 408 g/mol. The molecule has 0 radical (unpaired) electrons. The summed E-state index contributed by atoms with van der Waals surface area (Å²) in [5, 5.41) is 3.60. The first-order chi connectivity index (χ1) is 15.1.